The van der Waals surface area contributed by atoms with Crippen LogP contribution >= 0.6 is 32.9 Å². The van der Waals surface area contributed by atoms with Crippen molar-refractivity contribution >= 4 is 50.3 Å². The zero-order chi connectivity index (χ0) is 25.5. The Morgan fingerprint density at radius 2 is 1.95 bits per heavy atom. The molecule has 6 rings (SSSR count). The van der Waals surface area contributed by atoms with Crippen LogP contribution < -0.4 is 0 Å². The summed E-state index contributed by atoms with van der Waals surface area (Å²) in [6.07, 6.45) is 3.56. The Morgan fingerprint density at radius 1 is 1.08 bits per heavy atom. The number of ketones is 1. The Labute approximate surface area is 227 Å². The number of nitrogens with zero attached hydrogens (tertiary/aromatic N) is 2. The minimum atomic E-state index is -0.519. The van der Waals surface area contributed by atoms with Crippen molar-refractivity contribution in [2.45, 2.75) is 56.4 Å². The first kappa shape index (κ1) is 24.7. The van der Waals surface area contributed by atoms with Crippen molar-refractivity contribution in [2.75, 3.05) is 5.75 Å². The standard InChI is InChI=1S/C29H25FN2O2S3/c1-31-28-21-10-9-17(13-26(21)36-27(28)14-24(33)20-6-2-3-8-23(20)30)19-7-4-5-18-15-32(16-22(18)19)29(34)25-11-12-35-37-25/h2-8,17,25H,9-16H2. The summed E-state index contributed by atoms with van der Waals surface area (Å²) in [6, 6.07) is 12.5. The molecule has 1 aromatic heterocycles. The molecule has 1 fully saturated rings. The number of rotatable bonds is 5. The van der Waals surface area contributed by atoms with Crippen molar-refractivity contribution < 1.29 is 14.0 Å². The average Bonchev–Trinajstić information content (AvgIpc) is 3.66. The summed E-state index contributed by atoms with van der Waals surface area (Å²) in [5, 5.41) is 0.0728. The number of hydrogen-bond acceptors (Lipinski definition) is 5. The van der Waals surface area contributed by atoms with Gasteiger partial charge in [-0.3, -0.25) is 9.59 Å². The molecule has 2 aliphatic heterocycles. The molecule has 2 aromatic carbocycles. The minimum absolute atomic E-state index is 0.0518. The van der Waals surface area contributed by atoms with Crippen molar-refractivity contribution in [1.29, 1.82) is 0 Å². The van der Waals surface area contributed by atoms with Crippen LogP contribution in [0.1, 0.15) is 61.1 Å². The molecule has 188 valence electrons. The number of benzene rings is 2. The fourth-order valence-corrected chi connectivity index (χ4v) is 9.92. The van der Waals surface area contributed by atoms with Crippen LogP contribution in [0.3, 0.4) is 0 Å². The fourth-order valence-electron chi connectivity index (χ4n) is 5.76. The Morgan fingerprint density at radius 3 is 2.73 bits per heavy atom. The highest BCUT2D eigenvalue weighted by molar-refractivity contribution is 8.77. The van der Waals surface area contributed by atoms with Gasteiger partial charge in [0.25, 0.3) is 0 Å². The third kappa shape index (κ3) is 4.62. The minimum Gasteiger partial charge on any atom is -0.333 e. The first-order valence-electron chi connectivity index (χ1n) is 12.5. The maximum Gasteiger partial charge on any atom is 0.237 e. The largest absolute Gasteiger partial charge is 0.333 e. The first-order chi connectivity index (χ1) is 18.0. The predicted octanol–water partition coefficient (Wildman–Crippen LogP) is 7.13. The fraction of sp³-hybridized carbons (Fsp3) is 0.345. The van der Waals surface area contributed by atoms with Crippen molar-refractivity contribution in [1.82, 2.24) is 4.90 Å². The molecule has 0 spiro atoms. The third-order valence-corrected chi connectivity index (χ3v) is 11.7. The highest BCUT2D eigenvalue weighted by atomic mass is 33.1. The molecule has 2 atom stereocenters. The van der Waals surface area contributed by atoms with Gasteiger partial charge < -0.3 is 4.90 Å². The van der Waals surface area contributed by atoms with Crippen molar-refractivity contribution in [3.05, 3.63) is 97.3 Å². The van der Waals surface area contributed by atoms with Gasteiger partial charge in [-0.2, -0.15) is 11.3 Å². The summed E-state index contributed by atoms with van der Waals surface area (Å²) in [6.45, 7) is 9.15. The molecule has 1 aliphatic carbocycles. The van der Waals surface area contributed by atoms with Gasteiger partial charge in [-0.25, -0.2) is 9.24 Å². The van der Waals surface area contributed by atoms with E-state index < -0.39 is 5.82 Å². The normalized spacial score (nSPS) is 20.4. The lowest BCUT2D eigenvalue weighted by Crippen LogP contribution is -2.32. The molecule has 2 unspecified atom stereocenters. The van der Waals surface area contributed by atoms with Crippen LogP contribution in [-0.2, 0) is 37.1 Å². The first-order valence-corrected chi connectivity index (χ1v) is 15.7. The van der Waals surface area contributed by atoms with Gasteiger partial charge in [-0.05, 0) is 70.9 Å². The van der Waals surface area contributed by atoms with E-state index in [1.807, 2.05) is 4.90 Å². The Bertz CT molecular complexity index is 1440. The molecular formula is C29H25FN2O2S3. The summed E-state index contributed by atoms with van der Waals surface area (Å²) < 4.78 is 14.2. The molecule has 0 bridgehead atoms. The van der Waals surface area contributed by atoms with E-state index >= 15 is 0 Å². The molecule has 3 aromatic rings. The average molecular weight is 549 g/mol. The predicted molar refractivity (Wildman–Crippen MR) is 149 cm³/mol. The molecule has 3 aliphatic rings. The Hall–Kier alpha value is -2.60. The van der Waals surface area contributed by atoms with E-state index in [1.165, 1.54) is 33.7 Å². The number of hydrogen-bond donors (Lipinski definition) is 0. The number of fused-ring (bicyclic) bond motifs is 2. The van der Waals surface area contributed by atoms with Gasteiger partial charge in [0.1, 0.15) is 5.82 Å². The van der Waals surface area contributed by atoms with Gasteiger partial charge >= 0.3 is 0 Å². The molecule has 1 saturated heterocycles. The second-order valence-corrected chi connectivity index (χ2v) is 13.7. The van der Waals surface area contributed by atoms with E-state index in [0.29, 0.717) is 24.7 Å². The molecular weight excluding hydrogens is 524 g/mol. The van der Waals surface area contributed by atoms with Crippen LogP contribution in [0.25, 0.3) is 4.85 Å². The topological polar surface area (TPSA) is 41.7 Å². The lowest BCUT2D eigenvalue weighted by atomic mass is 9.81. The zero-order valence-corrected chi connectivity index (χ0v) is 22.6. The smallest absolute Gasteiger partial charge is 0.237 e. The molecule has 37 heavy (non-hydrogen) atoms. The number of thiophene rings is 1. The summed E-state index contributed by atoms with van der Waals surface area (Å²) in [5.41, 5.74) is 5.58. The summed E-state index contributed by atoms with van der Waals surface area (Å²) >= 11 is 1.54. The summed E-state index contributed by atoms with van der Waals surface area (Å²) in [7, 11) is 3.50. The van der Waals surface area contributed by atoms with Crippen LogP contribution in [0.2, 0.25) is 0 Å². The molecule has 0 saturated carbocycles. The van der Waals surface area contributed by atoms with Gasteiger partial charge in [0.2, 0.25) is 11.6 Å². The highest BCUT2D eigenvalue weighted by Crippen LogP contribution is 2.46. The molecule has 0 N–H and O–H groups in total. The zero-order valence-electron chi connectivity index (χ0n) is 20.2. The van der Waals surface area contributed by atoms with Gasteiger partial charge in [-0.1, -0.05) is 51.9 Å². The van der Waals surface area contributed by atoms with Gasteiger partial charge in [-0.15, -0.1) is 0 Å². The molecule has 0 radical (unpaired) electrons. The van der Waals surface area contributed by atoms with E-state index in [0.717, 1.165) is 41.9 Å². The van der Waals surface area contributed by atoms with Gasteiger partial charge in [0.15, 0.2) is 5.78 Å². The molecule has 1 amide bonds. The monoisotopic (exact) mass is 548 g/mol. The van der Waals surface area contributed by atoms with Crippen molar-refractivity contribution in [2.24, 2.45) is 0 Å². The van der Waals surface area contributed by atoms with Crippen LogP contribution in [0.4, 0.5) is 10.1 Å². The highest BCUT2D eigenvalue weighted by Gasteiger charge is 2.35. The third-order valence-electron chi connectivity index (χ3n) is 7.61. The molecule has 3 heterocycles. The summed E-state index contributed by atoms with van der Waals surface area (Å²) in [5.74, 6) is 0.809. The number of halogens is 1. The second kappa shape index (κ2) is 10.3. The van der Waals surface area contributed by atoms with E-state index in [-0.39, 0.29) is 28.9 Å². The van der Waals surface area contributed by atoms with Crippen LogP contribution in [0.5, 0.6) is 0 Å². The molecule has 8 heteroatoms. The van der Waals surface area contributed by atoms with E-state index in [2.05, 4.69) is 23.0 Å². The van der Waals surface area contributed by atoms with E-state index in [1.54, 1.807) is 45.1 Å². The Kier molecular flexibility index (Phi) is 6.87. The Balaban J connectivity index is 1.23. The number of carbonyl (C=O) groups excluding carboxylic acids is 2. The van der Waals surface area contributed by atoms with Gasteiger partial charge in [0.05, 0.1) is 17.4 Å². The lowest BCUT2D eigenvalue weighted by Gasteiger charge is -2.25. The van der Waals surface area contributed by atoms with Crippen molar-refractivity contribution in [3.63, 3.8) is 0 Å². The quantitative estimate of drug-likeness (QED) is 0.193. The number of Topliss-reactive ketones (excluding diaryl/α,β-unsaturated/α-hetero) is 1. The maximum absolute atomic E-state index is 14.2. The SMILES string of the molecule is [C-]#[N+]c1c(CC(=O)c2ccccc2F)sc2c1CCC(c1cccc3c1CN(C(=O)C1CCSS1)C3)C2. The van der Waals surface area contributed by atoms with Crippen molar-refractivity contribution in [3.8, 4) is 0 Å². The van der Waals surface area contributed by atoms with Gasteiger partial charge in [0, 0.05) is 30.1 Å². The summed E-state index contributed by atoms with van der Waals surface area (Å²) in [4.78, 5) is 33.6. The number of carbonyl (C=O) groups is 2. The lowest BCUT2D eigenvalue weighted by molar-refractivity contribution is -0.131. The van der Waals surface area contributed by atoms with Crippen LogP contribution in [0.15, 0.2) is 42.5 Å². The number of amides is 1. The van der Waals surface area contributed by atoms with Crippen LogP contribution in [-0.4, -0.2) is 27.6 Å². The van der Waals surface area contributed by atoms with Crippen LogP contribution in [0, 0.1) is 12.4 Å². The van der Waals surface area contributed by atoms with E-state index in [9.17, 15) is 14.0 Å². The maximum atomic E-state index is 14.2. The second-order valence-electron chi connectivity index (χ2n) is 9.78. The van der Waals surface area contributed by atoms with E-state index in [4.69, 9.17) is 6.57 Å². The molecule has 4 nitrogen and oxygen atoms in total.